The molecule has 2 aromatic carbocycles. The number of likely N-dealkylation sites (N-methyl/N-ethyl adjacent to an activating group) is 1. The van der Waals surface area contributed by atoms with Crippen molar-refractivity contribution in [3.05, 3.63) is 58.7 Å². The molecule has 0 radical (unpaired) electrons. The van der Waals surface area contributed by atoms with Crippen molar-refractivity contribution in [2.75, 3.05) is 55.4 Å². The van der Waals surface area contributed by atoms with E-state index in [1.54, 1.807) is 6.20 Å². The van der Waals surface area contributed by atoms with E-state index in [-0.39, 0.29) is 0 Å². The van der Waals surface area contributed by atoms with E-state index in [0.29, 0.717) is 18.4 Å². The predicted octanol–water partition coefficient (Wildman–Crippen LogP) is 5.20. The predicted molar refractivity (Wildman–Crippen MR) is 151 cm³/mol. The molecule has 4 rings (SSSR count). The molecule has 198 valence electrons. The normalized spacial score (nSPS) is 13.4. The Kier molecular flexibility index (Phi) is 10.7. The van der Waals surface area contributed by atoms with Crippen molar-refractivity contribution in [1.82, 2.24) is 14.9 Å². The average Bonchev–Trinajstić information content (AvgIpc) is 2.87. The van der Waals surface area contributed by atoms with Gasteiger partial charge in [0.1, 0.15) is 11.6 Å². The van der Waals surface area contributed by atoms with Gasteiger partial charge in [0.05, 0.1) is 16.8 Å². The van der Waals surface area contributed by atoms with E-state index in [1.807, 2.05) is 18.2 Å². The summed E-state index contributed by atoms with van der Waals surface area (Å²) in [5.41, 5.74) is 4.18. The molecular weight excluding hydrogens is 558 g/mol. The highest BCUT2D eigenvalue weighted by Gasteiger charge is 2.17. The van der Waals surface area contributed by atoms with Crippen LogP contribution >= 0.6 is 15.9 Å². The van der Waals surface area contributed by atoms with Gasteiger partial charge in [-0.2, -0.15) is 18.2 Å². The minimum absolute atomic E-state index is 0.503. The maximum atomic E-state index is 8.67. The minimum Gasteiger partial charge on any atom is -0.491 e. The van der Waals surface area contributed by atoms with Gasteiger partial charge in [0, 0.05) is 49.8 Å². The molecule has 0 spiro atoms. The Labute approximate surface area is 227 Å². The summed E-state index contributed by atoms with van der Waals surface area (Å²) in [7, 11) is -0.444. The first-order valence-corrected chi connectivity index (χ1v) is 13.8. The zero-order valence-electron chi connectivity index (χ0n) is 21.2. The van der Waals surface area contributed by atoms with Crippen molar-refractivity contribution < 1.29 is 13.2 Å². The first-order valence-electron chi connectivity index (χ1n) is 11.9. The summed E-state index contributed by atoms with van der Waals surface area (Å²) in [6, 6.07) is 14.4. The smallest absolute Gasteiger partial charge is 0.308 e. The number of hydrogen-bond donors (Lipinski definition) is 3. The van der Waals surface area contributed by atoms with E-state index >= 15 is 0 Å². The molecule has 1 aromatic heterocycles. The Hall–Kier alpha value is -3.22. The number of piperazine rings is 1. The van der Waals surface area contributed by atoms with Crippen LogP contribution in [0.25, 0.3) is 0 Å². The van der Waals surface area contributed by atoms with Gasteiger partial charge in [0.2, 0.25) is 5.95 Å². The Bertz CT molecular complexity index is 1290. The molecule has 0 bridgehead atoms. The van der Waals surface area contributed by atoms with Crippen molar-refractivity contribution in [2.45, 2.75) is 20.3 Å². The van der Waals surface area contributed by atoms with Crippen LogP contribution in [-0.2, 0) is 10.5 Å². The van der Waals surface area contributed by atoms with Crippen LogP contribution in [0, 0.1) is 11.7 Å². The Morgan fingerprint density at radius 1 is 1.08 bits per heavy atom. The van der Waals surface area contributed by atoms with E-state index in [1.165, 1.54) is 5.69 Å². The van der Waals surface area contributed by atoms with Crippen LogP contribution in [0.5, 0.6) is 5.75 Å². The van der Waals surface area contributed by atoms with Crippen LogP contribution in [0.15, 0.2) is 53.1 Å². The number of hydrogen-bond acceptors (Lipinski definition) is 10. The van der Waals surface area contributed by atoms with E-state index in [4.69, 9.17) is 22.9 Å². The van der Waals surface area contributed by atoms with Gasteiger partial charge in [-0.25, -0.2) is 4.98 Å². The third kappa shape index (κ3) is 8.69. The molecule has 0 aliphatic carbocycles. The lowest BCUT2D eigenvalue weighted by Gasteiger charge is -2.34. The van der Waals surface area contributed by atoms with Crippen LogP contribution in [0.3, 0.4) is 0 Å². The standard InChI is InChI=1S/C25H31BrN6O.HNO2S/c1-4-15-33-23-16-19(32-13-11-31(3)12-14-32)9-10-22(23)29-25-27-17-20(26)24(30-25)28-21-8-6-5-7-18(21)2;1-4(2)3/h5-10,16-17H,4,11-15H2,1-3H3,(H2,27,28,29,30);1H. The molecule has 1 aliphatic heterocycles. The van der Waals surface area contributed by atoms with Crippen LogP contribution < -0.4 is 20.3 Å². The molecular formula is C25H32BrN7O3S. The summed E-state index contributed by atoms with van der Waals surface area (Å²) in [6.07, 6.45) is 2.69. The lowest BCUT2D eigenvalue weighted by Crippen LogP contribution is -2.44. The van der Waals surface area contributed by atoms with Gasteiger partial charge in [-0.15, -0.1) is 0 Å². The molecule has 3 N–H and O–H groups in total. The number of halogens is 1. The first-order chi connectivity index (χ1) is 17.8. The Morgan fingerprint density at radius 2 is 1.78 bits per heavy atom. The van der Waals surface area contributed by atoms with Crippen LogP contribution in [0.4, 0.5) is 28.8 Å². The number of aryl methyl sites for hydroxylation is 1. The second-order valence-corrected chi connectivity index (χ2v) is 9.83. The minimum atomic E-state index is -2.61. The molecule has 3 aromatic rings. The largest absolute Gasteiger partial charge is 0.491 e. The number of benzene rings is 2. The number of nitrogens with zero attached hydrogens (tertiary/aromatic N) is 4. The highest BCUT2D eigenvalue weighted by Crippen LogP contribution is 2.33. The van der Waals surface area contributed by atoms with Crippen molar-refractivity contribution in [3.63, 3.8) is 0 Å². The van der Waals surface area contributed by atoms with Gasteiger partial charge in [0.25, 0.3) is 0 Å². The maximum absolute atomic E-state index is 8.67. The molecule has 0 atom stereocenters. The fourth-order valence-electron chi connectivity index (χ4n) is 3.68. The monoisotopic (exact) mass is 589 g/mol. The Morgan fingerprint density at radius 3 is 2.46 bits per heavy atom. The van der Waals surface area contributed by atoms with E-state index < -0.39 is 10.5 Å². The summed E-state index contributed by atoms with van der Waals surface area (Å²) < 4.78 is 29.7. The summed E-state index contributed by atoms with van der Waals surface area (Å²) in [4.78, 5) is 13.9. The van der Waals surface area contributed by atoms with Gasteiger partial charge < -0.3 is 25.2 Å². The number of aromatic nitrogens is 2. The van der Waals surface area contributed by atoms with E-state index in [2.05, 4.69) is 86.5 Å². The second kappa shape index (κ2) is 13.9. The first kappa shape index (κ1) is 28.4. The molecule has 0 unspecified atom stereocenters. The molecule has 12 heteroatoms. The SMILES string of the molecule is CCCOc1cc(N2CCN(C)CC2)ccc1Nc1ncc(Br)c(Nc2ccccc2C)n1.N=S(=O)=O. The fraction of sp³-hybridized carbons (Fsp3) is 0.360. The molecule has 37 heavy (non-hydrogen) atoms. The van der Waals surface area contributed by atoms with Crippen LogP contribution in [0.1, 0.15) is 18.9 Å². The highest BCUT2D eigenvalue weighted by molar-refractivity contribution is 9.10. The number of rotatable bonds is 8. The number of ether oxygens (including phenoxy) is 1. The zero-order valence-corrected chi connectivity index (χ0v) is 23.6. The lowest BCUT2D eigenvalue weighted by atomic mass is 10.2. The number of nitrogens with one attached hydrogen (secondary N) is 3. The second-order valence-electron chi connectivity index (χ2n) is 8.51. The highest BCUT2D eigenvalue weighted by atomic mass is 79.9. The molecule has 0 saturated carbocycles. The maximum Gasteiger partial charge on any atom is 0.308 e. The molecule has 0 amide bonds. The topological polar surface area (TPSA) is 124 Å². The summed E-state index contributed by atoms with van der Waals surface area (Å²) >= 11 is 3.56. The quantitative estimate of drug-likeness (QED) is 0.325. The molecule has 1 aliphatic rings. The lowest BCUT2D eigenvalue weighted by molar-refractivity contribution is 0.311. The van der Waals surface area contributed by atoms with Crippen molar-refractivity contribution in [1.29, 1.82) is 4.78 Å². The third-order valence-corrected chi connectivity index (χ3v) is 6.26. The van der Waals surface area contributed by atoms with Crippen LogP contribution in [-0.4, -0.2) is 63.1 Å². The van der Waals surface area contributed by atoms with Gasteiger partial charge in [-0.1, -0.05) is 25.1 Å². The summed E-state index contributed by atoms with van der Waals surface area (Å²) in [6.45, 7) is 8.99. The molecule has 1 saturated heterocycles. The summed E-state index contributed by atoms with van der Waals surface area (Å²) in [5, 5.41) is 6.74. The average molecular weight is 591 g/mol. The van der Waals surface area contributed by atoms with E-state index in [9.17, 15) is 0 Å². The number of anilines is 5. The van der Waals surface area contributed by atoms with Gasteiger partial charge >= 0.3 is 10.5 Å². The number of para-hydroxylation sites is 1. The third-order valence-electron chi connectivity index (χ3n) is 5.68. The van der Waals surface area contributed by atoms with Gasteiger partial charge in [-0.05, 0) is 60.1 Å². The molecule has 10 nitrogen and oxygen atoms in total. The van der Waals surface area contributed by atoms with Crippen molar-refractivity contribution in [2.24, 2.45) is 0 Å². The van der Waals surface area contributed by atoms with Gasteiger partial charge in [0.15, 0.2) is 0 Å². The van der Waals surface area contributed by atoms with E-state index in [0.717, 1.165) is 59.8 Å². The Balaban J connectivity index is 0.000000886. The zero-order chi connectivity index (χ0) is 26.8. The molecule has 1 fully saturated rings. The van der Waals surface area contributed by atoms with Crippen LogP contribution in [0.2, 0.25) is 0 Å². The molecule has 2 heterocycles. The van der Waals surface area contributed by atoms with Gasteiger partial charge in [-0.3, -0.25) is 0 Å². The van der Waals surface area contributed by atoms with Crippen molar-refractivity contribution >= 4 is 55.3 Å². The van der Waals surface area contributed by atoms with Crippen molar-refractivity contribution in [3.8, 4) is 5.75 Å². The summed E-state index contributed by atoms with van der Waals surface area (Å²) in [5.74, 6) is 2.02. The fourth-order valence-corrected chi connectivity index (χ4v) is 3.97.